The number of fused-ring (bicyclic) bond motifs is 1. The Kier molecular flexibility index (Phi) is 9.87. The lowest BCUT2D eigenvalue weighted by atomic mass is 10.1. The highest BCUT2D eigenvalue weighted by Crippen LogP contribution is 2.27. The molecule has 1 aromatic heterocycles. The van der Waals surface area contributed by atoms with E-state index in [0.717, 1.165) is 12.8 Å². The summed E-state index contributed by atoms with van der Waals surface area (Å²) in [5, 5.41) is 35.9. The maximum absolute atomic E-state index is 12.7. The Balaban J connectivity index is 1.64. The van der Waals surface area contributed by atoms with Crippen LogP contribution >= 0.6 is 0 Å². The number of carbonyl (C=O) groups excluding carboxylic acids is 1. The zero-order chi connectivity index (χ0) is 27.7. The Labute approximate surface area is 218 Å². The van der Waals surface area contributed by atoms with Gasteiger partial charge in [-0.1, -0.05) is 0 Å². The fraction of sp³-hybridized carbons (Fsp3) is 0.458. The van der Waals surface area contributed by atoms with E-state index in [1.165, 1.54) is 12.1 Å². The summed E-state index contributed by atoms with van der Waals surface area (Å²) >= 11 is 0. The number of aliphatic hydroxyl groups is 1. The number of amides is 1. The van der Waals surface area contributed by atoms with Crippen molar-refractivity contribution in [2.75, 3.05) is 47.5 Å². The van der Waals surface area contributed by atoms with Crippen LogP contribution in [0.5, 0.6) is 0 Å². The van der Waals surface area contributed by atoms with Gasteiger partial charge in [0.25, 0.3) is 11.5 Å². The zero-order valence-corrected chi connectivity index (χ0v) is 20.8. The van der Waals surface area contributed by atoms with Crippen molar-refractivity contribution >= 4 is 41.0 Å². The number of nitrogens with one attached hydrogen (secondary N) is 4. The van der Waals surface area contributed by atoms with Gasteiger partial charge in [-0.25, -0.2) is 4.79 Å². The van der Waals surface area contributed by atoms with Gasteiger partial charge < -0.3 is 41.9 Å². The topological polar surface area (TPSA) is 223 Å². The predicted molar refractivity (Wildman–Crippen MR) is 141 cm³/mol. The average Bonchev–Trinajstić information content (AvgIpc) is 2.87. The van der Waals surface area contributed by atoms with E-state index in [1.807, 2.05) is 4.90 Å². The highest BCUT2D eigenvalue weighted by molar-refractivity contribution is 5.97. The Bertz CT molecular complexity index is 1190. The number of nitrogens with zero attached hydrogens (tertiary/aromatic N) is 2. The van der Waals surface area contributed by atoms with Crippen LogP contribution in [0.1, 0.15) is 42.5 Å². The number of unbranched alkanes of at least 4 members (excludes halogenated alkanes) is 2. The van der Waals surface area contributed by atoms with Crippen LogP contribution in [0.4, 0.5) is 23.1 Å². The van der Waals surface area contributed by atoms with Gasteiger partial charge in [-0.15, -0.1) is 0 Å². The molecular formula is C24H33N7O7. The van der Waals surface area contributed by atoms with Crippen molar-refractivity contribution in [3.63, 3.8) is 0 Å². The lowest BCUT2D eigenvalue weighted by Crippen LogP contribution is -2.51. The maximum atomic E-state index is 12.7. The molecule has 1 unspecified atom stereocenters. The lowest BCUT2D eigenvalue weighted by Gasteiger charge is -2.38. The standard InChI is InChI=1S/C24H33N7O7/c25-24-29-20-19(22(36)30-24)31(10-2-1-3-11-32)16(13-27-20)12-26-15-6-4-14(5-7-15)21(35)28-17(23(37)38)8-9-18(33)34/h4-7,16-17,26,32H,1-3,8-13H2,(H,28,35)(H,33,34)(H,37,38)(H4,25,27,29,30,36)/t16?,17-/m0/s1. The van der Waals surface area contributed by atoms with Crippen molar-refractivity contribution < 1.29 is 29.7 Å². The smallest absolute Gasteiger partial charge is 0.326 e. The van der Waals surface area contributed by atoms with E-state index in [4.69, 9.17) is 15.9 Å². The van der Waals surface area contributed by atoms with E-state index >= 15 is 0 Å². The summed E-state index contributed by atoms with van der Waals surface area (Å²) in [5.74, 6) is -2.63. The number of hydrogen-bond acceptors (Lipinski definition) is 10. The van der Waals surface area contributed by atoms with Gasteiger partial charge in [0.15, 0.2) is 5.82 Å². The van der Waals surface area contributed by atoms with E-state index in [9.17, 15) is 24.3 Å². The fourth-order valence-corrected chi connectivity index (χ4v) is 4.17. The molecule has 2 aromatic rings. The molecule has 0 radical (unpaired) electrons. The van der Waals surface area contributed by atoms with E-state index < -0.39 is 23.9 Å². The van der Waals surface area contributed by atoms with E-state index in [1.54, 1.807) is 12.1 Å². The first kappa shape index (κ1) is 28.2. The SMILES string of the molecule is Nc1nc2c(c(=O)[nH]1)N(CCCCCO)C(CNc1ccc(C(=O)N[C@@H](CCC(=O)O)C(=O)O)cc1)CN2. The molecule has 0 spiro atoms. The largest absolute Gasteiger partial charge is 0.481 e. The average molecular weight is 532 g/mol. The third-order valence-electron chi connectivity index (χ3n) is 6.14. The summed E-state index contributed by atoms with van der Waals surface area (Å²) < 4.78 is 0. The van der Waals surface area contributed by atoms with E-state index in [-0.39, 0.29) is 42.6 Å². The van der Waals surface area contributed by atoms with Gasteiger partial charge in [-0.3, -0.25) is 19.4 Å². The summed E-state index contributed by atoms with van der Waals surface area (Å²) in [7, 11) is 0. The van der Waals surface area contributed by atoms with E-state index in [0.29, 0.717) is 43.2 Å². The molecule has 206 valence electrons. The van der Waals surface area contributed by atoms with Crippen LogP contribution in [0.2, 0.25) is 0 Å². The fourth-order valence-electron chi connectivity index (χ4n) is 4.17. The second-order valence-corrected chi connectivity index (χ2v) is 8.92. The number of aliphatic hydroxyl groups excluding tert-OH is 1. The number of anilines is 4. The molecule has 14 heteroatoms. The predicted octanol–water partition coefficient (Wildman–Crippen LogP) is 0.275. The van der Waals surface area contributed by atoms with Gasteiger partial charge in [0.05, 0.1) is 6.04 Å². The first-order chi connectivity index (χ1) is 18.2. The maximum Gasteiger partial charge on any atom is 0.326 e. The van der Waals surface area contributed by atoms with Crippen molar-refractivity contribution in [3.8, 4) is 0 Å². The minimum absolute atomic E-state index is 0.0266. The van der Waals surface area contributed by atoms with Gasteiger partial charge >= 0.3 is 11.9 Å². The third kappa shape index (κ3) is 7.59. The number of H-pyrrole nitrogens is 1. The van der Waals surface area contributed by atoms with Crippen LogP contribution in [0.15, 0.2) is 29.1 Å². The molecule has 9 N–H and O–H groups in total. The number of hydrogen-bond donors (Lipinski definition) is 8. The Morgan fingerprint density at radius 1 is 1.16 bits per heavy atom. The first-order valence-corrected chi connectivity index (χ1v) is 12.3. The number of rotatable bonds is 14. The second-order valence-electron chi connectivity index (χ2n) is 8.92. The summed E-state index contributed by atoms with van der Waals surface area (Å²) in [6.07, 6.45) is 1.64. The highest BCUT2D eigenvalue weighted by Gasteiger charge is 2.29. The number of carbonyl (C=O) groups is 3. The Morgan fingerprint density at radius 3 is 2.55 bits per heavy atom. The normalized spacial score (nSPS) is 15.2. The molecule has 14 nitrogen and oxygen atoms in total. The Morgan fingerprint density at radius 2 is 1.89 bits per heavy atom. The summed E-state index contributed by atoms with van der Waals surface area (Å²) in [5.41, 5.74) is 6.69. The van der Waals surface area contributed by atoms with Gasteiger partial charge in [-0.2, -0.15) is 4.98 Å². The number of aromatic nitrogens is 2. The molecule has 1 aromatic carbocycles. The number of nitrogen functional groups attached to an aromatic ring is 1. The highest BCUT2D eigenvalue weighted by atomic mass is 16.4. The molecule has 0 saturated heterocycles. The quantitative estimate of drug-likeness (QED) is 0.154. The minimum atomic E-state index is -1.31. The van der Waals surface area contributed by atoms with Crippen LogP contribution in [0.25, 0.3) is 0 Å². The molecule has 2 atom stereocenters. The van der Waals surface area contributed by atoms with Crippen LogP contribution < -0.4 is 32.1 Å². The minimum Gasteiger partial charge on any atom is -0.481 e. The van der Waals surface area contributed by atoms with Gasteiger partial charge in [0.2, 0.25) is 5.95 Å². The number of carboxylic acid groups (broad SMARTS) is 2. The zero-order valence-electron chi connectivity index (χ0n) is 20.8. The van der Waals surface area contributed by atoms with Gasteiger partial charge in [0.1, 0.15) is 11.7 Å². The molecular weight excluding hydrogens is 498 g/mol. The molecule has 2 heterocycles. The van der Waals surface area contributed by atoms with Gasteiger partial charge in [-0.05, 0) is 49.9 Å². The number of aromatic amines is 1. The van der Waals surface area contributed by atoms with E-state index in [2.05, 4.69) is 25.9 Å². The third-order valence-corrected chi connectivity index (χ3v) is 6.14. The molecule has 1 amide bonds. The molecule has 0 bridgehead atoms. The molecule has 0 fully saturated rings. The second kappa shape index (κ2) is 13.3. The lowest BCUT2D eigenvalue weighted by molar-refractivity contribution is -0.140. The summed E-state index contributed by atoms with van der Waals surface area (Å²) in [6.45, 7) is 1.65. The molecule has 0 saturated carbocycles. The van der Waals surface area contributed by atoms with Crippen molar-refractivity contribution in [1.29, 1.82) is 0 Å². The molecule has 0 aliphatic carbocycles. The van der Waals surface area contributed by atoms with Gasteiger partial charge in [0, 0.05) is 43.9 Å². The monoisotopic (exact) mass is 531 g/mol. The van der Waals surface area contributed by atoms with Crippen LogP contribution in [0, 0.1) is 0 Å². The molecule has 1 aliphatic rings. The number of aliphatic carboxylic acids is 2. The van der Waals surface area contributed by atoms with Crippen molar-refractivity contribution in [2.45, 2.75) is 44.2 Å². The van der Waals surface area contributed by atoms with Crippen molar-refractivity contribution in [1.82, 2.24) is 15.3 Å². The Hall–Kier alpha value is -4.33. The molecule has 38 heavy (non-hydrogen) atoms. The number of carboxylic acids is 2. The first-order valence-electron chi connectivity index (χ1n) is 12.3. The molecule has 1 aliphatic heterocycles. The summed E-state index contributed by atoms with van der Waals surface area (Å²) in [4.78, 5) is 55.9. The number of nitrogens with two attached hydrogens (primary N) is 1. The number of benzene rings is 1. The van der Waals surface area contributed by atoms with Crippen LogP contribution in [-0.2, 0) is 9.59 Å². The van der Waals surface area contributed by atoms with Crippen molar-refractivity contribution in [2.24, 2.45) is 0 Å². The summed E-state index contributed by atoms with van der Waals surface area (Å²) in [6, 6.07) is 4.99. The molecule has 3 rings (SSSR count). The van der Waals surface area contributed by atoms with Crippen LogP contribution in [-0.4, -0.2) is 81.5 Å². The van der Waals surface area contributed by atoms with Crippen molar-refractivity contribution in [3.05, 3.63) is 40.2 Å². The van der Waals surface area contributed by atoms with Crippen LogP contribution in [0.3, 0.4) is 0 Å².